The van der Waals surface area contributed by atoms with Crippen molar-refractivity contribution < 1.29 is 9.72 Å². The van der Waals surface area contributed by atoms with E-state index in [9.17, 15) is 25.4 Å². The lowest BCUT2D eigenvalue weighted by Gasteiger charge is -2.36. The van der Waals surface area contributed by atoms with Crippen molar-refractivity contribution in [2.24, 2.45) is 5.41 Å². The number of aromatic nitrogens is 2. The molecule has 0 aliphatic heterocycles. The zero-order valence-corrected chi connectivity index (χ0v) is 15.8. The number of anilines is 1. The van der Waals surface area contributed by atoms with Crippen molar-refractivity contribution in [1.82, 2.24) is 9.97 Å². The average Bonchev–Trinajstić information content (AvgIpc) is 3.08. The van der Waals surface area contributed by atoms with Crippen molar-refractivity contribution in [2.75, 3.05) is 5.32 Å². The van der Waals surface area contributed by atoms with Crippen LogP contribution in [-0.2, 0) is 10.2 Å². The number of amides is 1. The molecule has 2 unspecified atom stereocenters. The Morgan fingerprint density at radius 2 is 1.83 bits per heavy atom. The number of nitriles is 2. The SMILES string of the molecule is CC1(C)C2CCC1(C(=O)Nc1ccc([N+](=O)[O-])cc1)c1nc(C#N)c(C#N)nc12. The number of carbonyl (C=O) groups is 1. The zero-order chi connectivity index (χ0) is 21.0. The number of rotatable bonds is 3. The van der Waals surface area contributed by atoms with Gasteiger partial charge in [-0.25, -0.2) is 9.97 Å². The largest absolute Gasteiger partial charge is 0.325 e. The Morgan fingerprint density at radius 1 is 1.21 bits per heavy atom. The molecular formula is C20H16N6O3. The molecule has 1 saturated carbocycles. The van der Waals surface area contributed by atoms with Crippen molar-refractivity contribution in [2.45, 2.75) is 38.0 Å². The van der Waals surface area contributed by atoms with Crippen LogP contribution in [0.1, 0.15) is 55.4 Å². The van der Waals surface area contributed by atoms with E-state index in [1.807, 2.05) is 26.0 Å². The number of non-ortho nitro benzene ring substituents is 1. The van der Waals surface area contributed by atoms with Crippen LogP contribution < -0.4 is 5.32 Å². The summed E-state index contributed by atoms with van der Waals surface area (Å²) in [6, 6.07) is 9.41. The van der Waals surface area contributed by atoms with E-state index in [4.69, 9.17) is 0 Å². The second-order valence-electron chi connectivity index (χ2n) is 7.85. The van der Waals surface area contributed by atoms with Gasteiger partial charge in [-0.05, 0) is 30.4 Å². The van der Waals surface area contributed by atoms with Crippen LogP contribution in [0, 0.1) is 38.2 Å². The highest BCUT2D eigenvalue weighted by Gasteiger charge is 2.68. The van der Waals surface area contributed by atoms with E-state index in [2.05, 4.69) is 15.3 Å². The molecule has 1 heterocycles. The number of nitrogens with zero attached hydrogens (tertiary/aromatic N) is 5. The molecule has 2 aliphatic rings. The van der Waals surface area contributed by atoms with E-state index in [1.54, 1.807) is 0 Å². The normalized spacial score (nSPS) is 23.0. The standard InChI is InChI=1S/C20H16N6O3/c1-19(2)13-7-8-20(19,17-16(13)24-14(9-21)15(10-22)25-17)18(27)23-11-3-5-12(6-4-11)26(28)29/h3-6,13H,7-8H2,1-2H3,(H,23,27). The summed E-state index contributed by atoms with van der Waals surface area (Å²) in [5.74, 6) is -0.340. The lowest BCUT2D eigenvalue weighted by molar-refractivity contribution is -0.384. The lowest BCUT2D eigenvalue weighted by Crippen LogP contribution is -2.46. The predicted octanol–water partition coefficient (Wildman–Crippen LogP) is 2.92. The van der Waals surface area contributed by atoms with Crippen molar-refractivity contribution >= 4 is 17.3 Å². The van der Waals surface area contributed by atoms with Gasteiger partial charge in [-0.15, -0.1) is 0 Å². The summed E-state index contributed by atoms with van der Waals surface area (Å²) >= 11 is 0. The van der Waals surface area contributed by atoms with Crippen LogP contribution in [0.5, 0.6) is 0 Å². The fourth-order valence-electron chi connectivity index (χ4n) is 4.82. The molecule has 4 rings (SSSR count). The van der Waals surface area contributed by atoms with E-state index in [1.165, 1.54) is 24.3 Å². The maximum absolute atomic E-state index is 13.5. The van der Waals surface area contributed by atoms with Crippen LogP contribution in [0.3, 0.4) is 0 Å². The van der Waals surface area contributed by atoms with Crippen LogP contribution >= 0.6 is 0 Å². The minimum absolute atomic E-state index is 0.0273. The molecule has 2 bridgehead atoms. The summed E-state index contributed by atoms with van der Waals surface area (Å²) in [6.07, 6.45) is 1.26. The van der Waals surface area contributed by atoms with Gasteiger partial charge in [-0.1, -0.05) is 13.8 Å². The van der Waals surface area contributed by atoms with Crippen LogP contribution in [-0.4, -0.2) is 20.8 Å². The number of nitrogens with one attached hydrogen (secondary N) is 1. The maximum Gasteiger partial charge on any atom is 0.269 e. The Bertz CT molecular complexity index is 1140. The lowest BCUT2D eigenvalue weighted by atomic mass is 9.67. The first kappa shape index (κ1) is 18.5. The molecule has 1 N–H and O–H groups in total. The van der Waals surface area contributed by atoms with E-state index >= 15 is 0 Å². The minimum atomic E-state index is -0.999. The molecule has 9 heteroatoms. The van der Waals surface area contributed by atoms with Crippen molar-refractivity contribution in [1.29, 1.82) is 10.5 Å². The first-order chi connectivity index (χ1) is 13.8. The summed E-state index contributed by atoms with van der Waals surface area (Å²) in [4.78, 5) is 32.6. The number of carbonyl (C=O) groups excluding carboxylic acids is 1. The third kappa shape index (κ3) is 2.34. The molecular weight excluding hydrogens is 372 g/mol. The molecule has 9 nitrogen and oxygen atoms in total. The molecule has 1 amide bonds. The summed E-state index contributed by atoms with van der Waals surface area (Å²) in [6.45, 7) is 3.95. The van der Waals surface area contributed by atoms with Gasteiger partial charge in [0.15, 0.2) is 11.4 Å². The Hall–Kier alpha value is -3.85. The fourth-order valence-corrected chi connectivity index (χ4v) is 4.82. The average molecular weight is 388 g/mol. The Labute approximate surface area is 166 Å². The number of hydrogen-bond acceptors (Lipinski definition) is 7. The molecule has 2 aromatic rings. The molecule has 144 valence electrons. The Morgan fingerprint density at radius 3 is 2.41 bits per heavy atom. The first-order valence-electron chi connectivity index (χ1n) is 9.05. The number of fused-ring (bicyclic) bond motifs is 5. The van der Waals surface area contributed by atoms with E-state index < -0.39 is 15.8 Å². The first-order valence-corrected chi connectivity index (χ1v) is 9.05. The van der Waals surface area contributed by atoms with Gasteiger partial charge in [0, 0.05) is 23.7 Å². The Kier molecular flexibility index (Phi) is 3.88. The minimum Gasteiger partial charge on any atom is -0.325 e. The van der Waals surface area contributed by atoms with Gasteiger partial charge in [0.25, 0.3) is 5.69 Å². The van der Waals surface area contributed by atoms with Gasteiger partial charge in [0.1, 0.15) is 12.1 Å². The van der Waals surface area contributed by atoms with Gasteiger partial charge in [-0.3, -0.25) is 14.9 Å². The van der Waals surface area contributed by atoms with Gasteiger partial charge < -0.3 is 5.32 Å². The maximum atomic E-state index is 13.5. The highest BCUT2D eigenvalue weighted by molar-refractivity contribution is 6.01. The zero-order valence-electron chi connectivity index (χ0n) is 15.8. The monoisotopic (exact) mass is 388 g/mol. The molecule has 2 aliphatic carbocycles. The topological polar surface area (TPSA) is 146 Å². The second-order valence-corrected chi connectivity index (χ2v) is 7.85. The molecule has 2 atom stereocenters. The highest BCUT2D eigenvalue weighted by atomic mass is 16.6. The van der Waals surface area contributed by atoms with Crippen LogP contribution in [0.2, 0.25) is 0 Å². The third-order valence-electron chi connectivity index (χ3n) is 6.37. The van der Waals surface area contributed by atoms with Gasteiger partial charge >= 0.3 is 0 Å². The molecule has 0 radical (unpaired) electrons. The highest BCUT2D eigenvalue weighted by Crippen LogP contribution is 2.67. The summed E-state index contributed by atoms with van der Waals surface area (Å²) < 4.78 is 0. The van der Waals surface area contributed by atoms with Crippen molar-refractivity contribution in [3.63, 3.8) is 0 Å². The summed E-state index contributed by atoms with van der Waals surface area (Å²) in [7, 11) is 0. The third-order valence-corrected chi connectivity index (χ3v) is 6.37. The van der Waals surface area contributed by atoms with Gasteiger partial charge in [0.2, 0.25) is 5.91 Å². The van der Waals surface area contributed by atoms with Crippen LogP contribution in [0.25, 0.3) is 0 Å². The summed E-state index contributed by atoms with van der Waals surface area (Å²) in [5.41, 5.74) is -0.198. The predicted molar refractivity (Wildman–Crippen MR) is 101 cm³/mol. The number of benzene rings is 1. The Balaban J connectivity index is 1.79. The van der Waals surface area contributed by atoms with Gasteiger partial charge in [0.05, 0.1) is 21.7 Å². The number of nitro benzene ring substituents is 1. The molecule has 0 spiro atoms. The van der Waals surface area contributed by atoms with Crippen LogP contribution in [0.4, 0.5) is 11.4 Å². The molecule has 0 saturated heterocycles. The smallest absolute Gasteiger partial charge is 0.269 e. The molecule has 29 heavy (non-hydrogen) atoms. The summed E-state index contributed by atoms with van der Waals surface area (Å²) in [5, 5.41) is 32.3. The van der Waals surface area contributed by atoms with E-state index in [-0.39, 0.29) is 28.9 Å². The second kappa shape index (κ2) is 6.08. The van der Waals surface area contributed by atoms with Crippen molar-refractivity contribution in [3.8, 4) is 12.1 Å². The van der Waals surface area contributed by atoms with Crippen molar-refractivity contribution in [3.05, 3.63) is 57.2 Å². The number of nitro groups is 1. The molecule has 1 fully saturated rings. The molecule has 1 aromatic heterocycles. The molecule has 1 aromatic carbocycles. The number of hydrogen-bond donors (Lipinski definition) is 1. The van der Waals surface area contributed by atoms with Gasteiger partial charge in [-0.2, -0.15) is 10.5 Å². The fraction of sp³-hybridized carbons (Fsp3) is 0.350. The van der Waals surface area contributed by atoms with E-state index in [0.717, 1.165) is 6.42 Å². The van der Waals surface area contributed by atoms with Crippen LogP contribution in [0.15, 0.2) is 24.3 Å². The quantitative estimate of drug-likeness (QED) is 0.628. The van der Waals surface area contributed by atoms with E-state index in [0.29, 0.717) is 23.5 Å².